The first-order chi connectivity index (χ1) is 20.5. The maximum Gasteiger partial charge on any atom is 0.253 e. The minimum absolute atomic E-state index is 0.101. The number of nitrogens with zero attached hydrogens (tertiary/aromatic N) is 1. The van der Waals surface area contributed by atoms with E-state index in [0.29, 0.717) is 23.6 Å². The minimum atomic E-state index is -0.313. The molecule has 1 saturated heterocycles. The summed E-state index contributed by atoms with van der Waals surface area (Å²) in [5, 5.41) is 6.05. The molecule has 6 heteroatoms. The van der Waals surface area contributed by atoms with Gasteiger partial charge in [0, 0.05) is 31.0 Å². The smallest absolute Gasteiger partial charge is 0.253 e. The van der Waals surface area contributed by atoms with Gasteiger partial charge in [0.2, 0.25) is 5.91 Å². The van der Waals surface area contributed by atoms with Crippen LogP contribution in [0.5, 0.6) is 0 Å². The monoisotopic (exact) mass is 563 g/mol. The highest BCUT2D eigenvalue weighted by Gasteiger charge is 2.25. The first-order valence-corrected chi connectivity index (χ1v) is 14.8. The Morgan fingerprint density at radius 3 is 2.19 bits per heavy atom. The van der Waals surface area contributed by atoms with Gasteiger partial charge >= 0.3 is 0 Å². The summed E-state index contributed by atoms with van der Waals surface area (Å²) in [6.07, 6.45) is 3.81. The third kappa shape index (κ3) is 7.43. The molecule has 4 aromatic rings. The predicted octanol–water partition coefficient (Wildman–Crippen LogP) is 7.35. The molecule has 1 atom stereocenters. The maximum atomic E-state index is 13.6. The molecule has 5 nitrogen and oxygen atoms in total. The Hall–Kier alpha value is -4.45. The van der Waals surface area contributed by atoms with Crippen molar-refractivity contribution in [2.24, 2.45) is 5.92 Å². The number of amides is 2. The zero-order valence-corrected chi connectivity index (χ0v) is 24.1. The van der Waals surface area contributed by atoms with E-state index in [-0.39, 0.29) is 30.1 Å². The number of anilines is 2. The number of rotatable bonds is 10. The van der Waals surface area contributed by atoms with Crippen LogP contribution in [0.15, 0.2) is 103 Å². The van der Waals surface area contributed by atoms with Gasteiger partial charge in [0.05, 0.1) is 11.5 Å². The Labute approximate surface area is 247 Å². The van der Waals surface area contributed by atoms with Gasteiger partial charge in [0.1, 0.15) is 5.82 Å². The molecule has 5 rings (SSSR count). The summed E-state index contributed by atoms with van der Waals surface area (Å²) < 4.78 is 13.4. The van der Waals surface area contributed by atoms with Crippen molar-refractivity contribution in [1.82, 2.24) is 5.32 Å². The lowest BCUT2D eigenvalue weighted by Gasteiger charge is -2.35. The van der Waals surface area contributed by atoms with Crippen LogP contribution >= 0.6 is 0 Å². The minimum Gasteiger partial charge on any atom is -0.371 e. The summed E-state index contributed by atoms with van der Waals surface area (Å²) >= 11 is 0. The molecule has 1 unspecified atom stereocenters. The first-order valence-electron chi connectivity index (χ1n) is 14.8. The Morgan fingerprint density at radius 1 is 0.857 bits per heavy atom. The lowest BCUT2D eigenvalue weighted by Crippen LogP contribution is -2.36. The topological polar surface area (TPSA) is 61.4 Å². The van der Waals surface area contributed by atoms with Crippen LogP contribution < -0.4 is 15.5 Å². The molecule has 1 aliphatic rings. The van der Waals surface area contributed by atoms with Gasteiger partial charge < -0.3 is 15.5 Å². The van der Waals surface area contributed by atoms with E-state index < -0.39 is 0 Å². The fourth-order valence-electron chi connectivity index (χ4n) is 5.76. The van der Waals surface area contributed by atoms with Gasteiger partial charge in [-0.05, 0) is 78.6 Å². The Kier molecular flexibility index (Phi) is 9.65. The van der Waals surface area contributed by atoms with Crippen LogP contribution in [0.4, 0.5) is 15.8 Å². The van der Waals surface area contributed by atoms with Crippen molar-refractivity contribution >= 4 is 23.2 Å². The van der Waals surface area contributed by atoms with Gasteiger partial charge in [0.15, 0.2) is 0 Å². The second-order valence-electron chi connectivity index (χ2n) is 11.0. The van der Waals surface area contributed by atoms with Crippen molar-refractivity contribution in [2.75, 3.05) is 23.3 Å². The fraction of sp³-hybridized carbons (Fsp3) is 0.278. The number of halogens is 1. The van der Waals surface area contributed by atoms with Gasteiger partial charge in [-0.25, -0.2) is 4.39 Å². The molecule has 0 bridgehead atoms. The molecule has 216 valence electrons. The zero-order chi connectivity index (χ0) is 29.3. The number of hydrogen-bond donors (Lipinski definition) is 2. The predicted molar refractivity (Wildman–Crippen MR) is 167 cm³/mol. The molecule has 0 radical (unpaired) electrons. The first kappa shape index (κ1) is 29.1. The van der Waals surface area contributed by atoms with Crippen molar-refractivity contribution in [3.05, 3.63) is 131 Å². The number of carbonyl (C=O) groups is 2. The average molecular weight is 564 g/mol. The summed E-state index contributed by atoms with van der Waals surface area (Å²) in [7, 11) is 0. The molecule has 2 amide bonds. The van der Waals surface area contributed by atoms with Crippen LogP contribution in [0.1, 0.15) is 59.2 Å². The van der Waals surface area contributed by atoms with Crippen LogP contribution in [0.3, 0.4) is 0 Å². The third-order valence-electron chi connectivity index (χ3n) is 8.12. The number of hydrogen-bond acceptors (Lipinski definition) is 3. The standard InChI is InChI=1S/C36H38FN3O2/c1-2-32(29-11-7-4-8-12-29)36(42)39-31-17-18-34(33(24-31)35(41)38-25-28-13-15-30(37)16-14-28)40-21-19-27(20-22-40)23-26-9-5-3-6-10-26/h3-18,24,27,32H,2,19-23,25H2,1H3,(H,38,41)(H,39,42). The summed E-state index contributed by atoms with van der Waals surface area (Å²) in [4.78, 5) is 29.1. The van der Waals surface area contributed by atoms with E-state index in [4.69, 9.17) is 0 Å². The van der Waals surface area contributed by atoms with Crippen molar-refractivity contribution in [2.45, 2.75) is 45.1 Å². The Morgan fingerprint density at radius 2 is 1.52 bits per heavy atom. The summed E-state index contributed by atoms with van der Waals surface area (Å²) in [5.41, 5.74) is 5.10. The molecule has 2 N–H and O–H groups in total. The van der Waals surface area contributed by atoms with Gasteiger partial charge in [-0.15, -0.1) is 0 Å². The van der Waals surface area contributed by atoms with Crippen LogP contribution in [0, 0.1) is 11.7 Å². The largest absolute Gasteiger partial charge is 0.371 e. The van der Waals surface area contributed by atoms with Crippen molar-refractivity contribution in [3.8, 4) is 0 Å². The van der Waals surface area contributed by atoms with E-state index >= 15 is 0 Å². The molecule has 4 aromatic carbocycles. The molecule has 0 aromatic heterocycles. The molecule has 42 heavy (non-hydrogen) atoms. The maximum absolute atomic E-state index is 13.6. The van der Waals surface area contributed by atoms with Crippen molar-refractivity contribution in [3.63, 3.8) is 0 Å². The highest BCUT2D eigenvalue weighted by atomic mass is 19.1. The normalized spacial score (nSPS) is 14.3. The number of piperidine rings is 1. The summed E-state index contributed by atoms with van der Waals surface area (Å²) in [6.45, 7) is 3.98. The van der Waals surface area contributed by atoms with Crippen LogP contribution in [-0.2, 0) is 17.8 Å². The molecular formula is C36H38FN3O2. The summed E-state index contributed by atoms with van der Waals surface area (Å²) in [5.74, 6) is -0.331. The highest BCUT2D eigenvalue weighted by molar-refractivity contribution is 6.03. The van der Waals surface area contributed by atoms with Gasteiger partial charge in [-0.2, -0.15) is 0 Å². The van der Waals surface area contributed by atoms with Gasteiger partial charge in [0.25, 0.3) is 5.91 Å². The van der Waals surface area contributed by atoms with Gasteiger partial charge in [-0.1, -0.05) is 79.7 Å². The zero-order valence-electron chi connectivity index (χ0n) is 24.1. The second-order valence-corrected chi connectivity index (χ2v) is 11.0. The van der Waals surface area contributed by atoms with E-state index in [2.05, 4.69) is 39.8 Å². The van der Waals surface area contributed by atoms with Crippen LogP contribution in [0.25, 0.3) is 0 Å². The molecule has 0 spiro atoms. The molecule has 1 fully saturated rings. The van der Waals surface area contributed by atoms with E-state index in [0.717, 1.165) is 49.2 Å². The highest BCUT2D eigenvalue weighted by Crippen LogP contribution is 2.31. The second kappa shape index (κ2) is 13.9. The fourth-order valence-corrected chi connectivity index (χ4v) is 5.76. The quantitative estimate of drug-likeness (QED) is 0.212. The average Bonchev–Trinajstić information content (AvgIpc) is 3.02. The Bertz CT molecular complexity index is 1470. The third-order valence-corrected chi connectivity index (χ3v) is 8.12. The van der Waals surface area contributed by atoms with Crippen molar-refractivity contribution < 1.29 is 14.0 Å². The Balaban J connectivity index is 1.33. The summed E-state index contributed by atoms with van der Waals surface area (Å²) in [6, 6.07) is 32.1. The van der Waals surface area contributed by atoms with Crippen LogP contribution in [0.2, 0.25) is 0 Å². The molecule has 1 heterocycles. The number of benzene rings is 4. The van der Waals surface area contributed by atoms with E-state index in [9.17, 15) is 14.0 Å². The number of carbonyl (C=O) groups excluding carboxylic acids is 2. The lowest BCUT2D eigenvalue weighted by molar-refractivity contribution is -0.117. The number of nitrogens with one attached hydrogen (secondary N) is 2. The van der Waals surface area contributed by atoms with E-state index in [1.165, 1.54) is 17.7 Å². The molecule has 0 saturated carbocycles. The molecule has 0 aliphatic carbocycles. The van der Waals surface area contributed by atoms with E-state index in [1.807, 2.05) is 55.5 Å². The SMILES string of the molecule is CCC(C(=O)Nc1ccc(N2CCC(Cc3ccccc3)CC2)c(C(=O)NCc2ccc(F)cc2)c1)c1ccccc1. The molecule has 1 aliphatic heterocycles. The lowest BCUT2D eigenvalue weighted by atomic mass is 9.89. The van der Waals surface area contributed by atoms with Crippen LogP contribution in [-0.4, -0.2) is 24.9 Å². The van der Waals surface area contributed by atoms with E-state index in [1.54, 1.807) is 18.2 Å². The van der Waals surface area contributed by atoms with Crippen molar-refractivity contribution in [1.29, 1.82) is 0 Å². The van der Waals surface area contributed by atoms with Gasteiger partial charge in [-0.3, -0.25) is 9.59 Å². The molecular weight excluding hydrogens is 525 g/mol.